The molecule has 1 saturated heterocycles. The Hall–Kier alpha value is -0.820. The molecule has 1 fully saturated rings. The van der Waals surface area contributed by atoms with Crippen LogP contribution in [0.3, 0.4) is 0 Å². The first kappa shape index (κ1) is 12.6. The van der Waals surface area contributed by atoms with Crippen LogP contribution in [0, 0.1) is 10.1 Å². The third kappa shape index (κ3) is 3.32. The molecule has 0 bridgehead atoms. The molecular weight excluding hydrogens is 306 g/mol. The van der Waals surface area contributed by atoms with Crippen molar-refractivity contribution in [3.05, 3.63) is 26.9 Å². The molecule has 7 heteroatoms. The van der Waals surface area contributed by atoms with Gasteiger partial charge in [0.2, 0.25) is 0 Å². The van der Waals surface area contributed by atoms with Gasteiger partial charge in [-0.15, -0.1) is 0 Å². The molecule has 1 unspecified atom stereocenters. The number of nitro groups is 1. The van der Waals surface area contributed by atoms with Gasteiger partial charge >= 0.3 is 0 Å². The third-order valence-corrected chi connectivity index (χ3v) is 4.36. The third-order valence-electron chi connectivity index (χ3n) is 2.54. The summed E-state index contributed by atoms with van der Waals surface area (Å²) in [5.74, 6) is 2.96. The van der Waals surface area contributed by atoms with Crippen molar-refractivity contribution in [1.29, 1.82) is 0 Å². The molecule has 1 atom stereocenters. The van der Waals surface area contributed by atoms with Crippen molar-refractivity contribution in [2.75, 3.05) is 16.8 Å². The second kappa shape index (κ2) is 5.68. The zero-order valence-corrected chi connectivity index (χ0v) is 11.5. The molecule has 0 saturated carbocycles. The van der Waals surface area contributed by atoms with Crippen LogP contribution in [0.1, 0.15) is 12.8 Å². The lowest BCUT2D eigenvalue weighted by molar-refractivity contribution is -0.385. The number of rotatable bonds is 3. The van der Waals surface area contributed by atoms with Crippen molar-refractivity contribution in [2.45, 2.75) is 18.9 Å². The fourth-order valence-electron chi connectivity index (χ4n) is 1.68. The Balaban J connectivity index is 2.08. The van der Waals surface area contributed by atoms with Gasteiger partial charge in [0.05, 0.1) is 9.40 Å². The van der Waals surface area contributed by atoms with Gasteiger partial charge in [0.1, 0.15) is 12.0 Å². The van der Waals surface area contributed by atoms with Gasteiger partial charge in [-0.05, 0) is 34.5 Å². The van der Waals surface area contributed by atoms with E-state index in [4.69, 9.17) is 0 Å². The van der Waals surface area contributed by atoms with Crippen molar-refractivity contribution in [2.24, 2.45) is 0 Å². The van der Waals surface area contributed by atoms with Crippen LogP contribution in [0.15, 0.2) is 16.7 Å². The highest BCUT2D eigenvalue weighted by Crippen LogP contribution is 2.27. The molecule has 0 radical (unpaired) electrons. The van der Waals surface area contributed by atoms with E-state index in [1.54, 1.807) is 0 Å². The lowest BCUT2D eigenvalue weighted by atomic mass is 10.2. The van der Waals surface area contributed by atoms with Crippen LogP contribution >= 0.6 is 27.7 Å². The second-order valence-electron chi connectivity index (χ2n) is 3.84. The summed E-state index contributed by atoms with van der Waals surface area (Å²) in [4.78, 5) is 14.2. The van der Waals surface area contributed by atoms with E-state index in [2.05, 4.69) is 26.2 Å². The maximum absolute atomic E-state index is 10.6. The highest BCUT2D eigenvalue weighted by atomic mass is 79.9. The van der Waals surface area contributed by atoms with Gasteiger partial charge in [-0.3, -0.25) is 10.1 Å². The fourth-order valence-corrected chi connectivity index (χ4v) is 3.21. The van der Waals surface area contributed by atoms with E-state index >= 15 is 0 Å². The monoisotopic (exact) mass is 317 g/mol. The van der Waals surface area contributed by atoms with E-state index in [0.717, 1.165) is 12.2 Å². The first-order valence-electron chi connectivity index (χ1n) is 5.31. The Kier molecular flexibility index (Phi) is 4.22. The summed E-state index contributed by atoms with van der Waals surface area (Å²) in [6.45, 7) is 0. The number of thioether (sulfide) groups is 1. The SMILES string of the molecule is O=[N+]([O-])c1cnc(NC2CCCSC2)c(Br)c1. The van der Waals surface area contributed by atoms with Crippen LogP contribution in [0.4, 0.5) is 11.5 Å². The summed E-state index contributed by atoms with van der Waals surface area (Å²) >= 11 is 5.23. The molecule has 0 spiro atoms. The number of hydrogen-bond acceptors (Lipinski definition) is 5. The van der Waals surface area contributed by atoms with Crippen molar-refractivity contribution in [1.82, 2.24) is 4.98 Å². The zero-order valence-electron chi connectivity index (χ0n) is 9.06. The first-order valence-corrected chi connectivity index (χ1v) is 7.26. The summed E-state index contributed by atoms with van der Waals surface area (Å²) in [5.41, 5.74) is 0.000411. The standard InChI is InChI=1S/C10H12BrN3O2S/c11-9-4-8(14(15)16)5-12-10(9)13-7-2-1-3-17-6-7/h4-5,7H,1-3,6H2,(H,12,13). The number of nitrogens with zero attached hydrogens (tertiary/aromatic N) is 2. The Bertz CT molecular complexity index is 424. The van der Waals surface area contributed by atoms with Crippen LogP contribution in [0.25, 0.3) is 0 Å². The van der Waals surface area contributed by atoms with E-state index in [1.165, 1.54) is 24.4 Å². The van der Waals surface area contributed by atoms with Crippen LogP contribution in [0.2, 0.25) is 0 Å². The minimum Gasteiger partial charge on any atom is -0.366 e. The zero-order chi connectivity index (χ0) is 12.3. The number of nitrogens with one attached hydrogen (secondary N) is 1. The largest absolute Gasteiger partial charge is 0.366 e. The maximum atomic E-state index is 10.6. The van der Waals surface area contributed by atoms with Crippen LogP contribution < -0.4 is 5.32 Å². The summed E-state index contributed by atoms with van der Waals surface area (Å²) in [7, 11) is 0. The van der Waals surface area contributed by atoms with Gasteiger partial charge in [-0.1, -0.05) is 0 Å². The van der Waals surface area contributed by atoms with E-state index in [0.29, 0.717) is 16.3 Å². The van der Waals surface area contributed by atoms with E-state index in [1.807, 2.05) is 11.8 Å². The van der Waals surface area contributed by atoms with Crippen LogP contribution in [-0.2, 0) is 0 Å². The molecule has 5 nitrogen and oxygen atoms in total. The molecule has 2 rings (SSSR count). The molecule has 0 amide bonds. The highest BCUT2D eigenvalue weighted by Gasteiger charge is 2.16. The van der Waals surface area contributed by atoms with E-state index < -0.39 is 4.92 Å². The van der Waals surface area contributed by atoms with Gasteiger partial charge in [-0.25, -0.2) is 4.98 Å². The molecule has 1 aromatic heterocycles. The van der Waals surface area contributed by atoms with Gasteiger partial charge in [0.15, 0.2) is 0 Å². The second-order valence-corrected chi connectivity index (χ2v) is 5.84. The summed E-state index contributed by atoms with van der Waals surface area (Å²) in [6.07, 6.45) is 3.61. The average molecular weight is 318 g/mol. The number of anilines is 1. The number of halogens is 1. The molecule has 2 heterocycles. The Morgan fingerprint density at radius 2 is 2.47 bits per heavy atom. The van der Waals surface area contributed by atoms with Crippen LogP contribution in [-0.4, -0.2) is 27.5 Å². The quantitative estimate of drug-likeness (QED) is 0.685. The predicted octanol–water partition coefficient (Wildman–Crippen LogP) is 3.06. The topological polar surface area (TPSA) is 68.1 Å². The van der Waals surface area contributed by atoms with Gasteiger partial charge in [0.25, 0.3) is 5.69 Å². The van der Waals surface area contributed by atoms with Crippen LogP contribution in [0.5, 0.6) is 0 Å². The number of aromatic nitrogens is 1. The summed E-state index contributed by atoms with van der Waals surface area (Å²) < 4.78 is 0.641. The predicted molar refractivity (Wildman–Crippen MR) is 72.6 cm³/mol. The minimum atomic E-state index is -0.446. The molecule has 1 aliphatic heterocycles. The molecule has 1 aromatic rings. The fraction of sp³-hybridized carbons (Fsp3) is 0.500. The summed E-state index contributed by atoms with van der Waals surface area (Å²) in [5, 5.41) is 13.9. The molecule has 0 aromatic carbocycles. The Labute approximate surface area is 112 Å². The normalized spacial score (nSPS) is 19.9. The van der Waals surface area contributed by atoms with Crippen molar-refractivity contribution in [3.8, 4) is 0 Å². The van der Waals surface area contributed by atoms with E-state index in [9.17, 15) is 10.1 Å². The summed E-state index contributed by atoms with van der Waals surface area (Å²) in [6, 6.07) is 1.88. The number of hydrogen-bond donors (Lipinski definition) is 1. The smallest absolute Gasteiger partial charge is 0.288 e. The Morgan fingerprint density at radius 3 is 3.06 bits per heavy atom. The maximum Gasteiger partial charge on any atom is 0.288 e. The molecule has 92 valence electrons. The molecular formula is C10H12BrN3O2S. The highest BCUT2D eigenvalue weighted by molar-refractivity contribution is 9.10. The lowest BCUT2D eigenvalue weighted by Crippen LogP contribution is -2.26. The molecule has 17 heavy (non-hydrogen) atoms. The molecule has 1 N–H and O–H groups in total. The van der Waals surface area contributed by atoms with Gasteiger partial charge in [0, 0.05) is 17.9 Å². The van der Waals surface area contributed by atoms with Crippen molar-refractivity contribution < 1.29 is 4.92 Å². The van der Waals surface area contributed by atoms with Gasteiger partial charge in [-0.2, -0.15) is 11.8 Å². The van der Waals surface area contributed by atoms with Crippen molar-refractivity contribution >= 4 is 39.2 Å². The number of pyridine rings is 1. The molecule has 1 aliphatic rings. The first-order chi connectivity index (χ1) is 8.16. The minimum absolute atomic E-state index is 0.000411. The average Bonchev–Trinajstić information content (AvgIpc) is 2.33. The van der Waals surface area contributed by atoms with Crippen molar-refractivity contribution in [3.63, 3.8) is 0 Å². The van der Waals surface area contributed by atoms with E-state index in [-0.39, 0.29) is 5.69 Å². The molecule has 0 aliphatic carbocycles. The lowest BCUT2D eigenvalue weighted by Gasteiger charge is -2.23. The van der Waals surface area contributed by atoms with Gasteiger partial charge < -0.3 is 5.32 Å². The Morgan fingerprint density at radius 1 is 1.65 bits per heavy atom.